The van der Waals surface area contributed by atoms with Crippen LogP contribution in [-0.4, -0.2) is 36.3 Å². The predicted octanol–water partition coefficient (Wildman–Crippen LogP) is 5.74. The molecule has 0 saturated carbocycles. The lowest BCUT2D eigenvalue weighted by Crippen LogP contribution is -2.20. The molecule has 3 aromatic rings. The van der Waals surface area contributed by atoms with Crippen molar-refractivity contribution in [3.8, 4) is 11.6 Å². The van der Waals surface area contributed by atoms with Gasteiger partial charge in [-0.3, -0.25) is 0 Å². The van der Waals surface area contributed by atoms with Gasteiger partial charge < -0.3 is 14.8 Å². The Morgan fingerprint density at radius 3 is 2.68 bits per heavy atom. The Hall–Kier alpha value is -2.67. The van der Waals surface area contributed by atoms with Crippen molar-refractivity contribution in [2.45, 2.75) is 31.8 Å². The van der Waals surface area contributed by atoms with Gasteiger partial charge >= 0.3 is 0 Å². The van der Waals surface area contributed by atoms with E-state index in [9.17, 15) is 4.39 Å². The molecular formula is C26H26Cl2FN3O2. The Bertz CT molecular complexity index is 1200. The number of halogens is 3. The molecule has 2 heterocycles. The molecule has 1 unspecified atom stereocenters. The molecule has 0 amide bonds. The van der Waals surface area contributed by atoms with E-state index in [1.54, 1.807) is 25.6 Å². The Morgan fingerprint density at radius 1 is 1.09 bits per heavy atom. The molecule has 1 atom stereocenters. The number of nitrogens with one attached hydrogen (secondary N) is 1. The smallest absolute Gasteiger partial charge is 0.232 e. The minimum Gasteiger partial charge on any atom is -0.497 e. The maximum Gasteiger partial charge on any atom is 0.232 e. The minimum absolute atomic E-state index is 0. The number of fused-ring (bicyclic) bond motifs is 1. The number of methoxy groups -OCH3 is 1. The molecule has 178 valence electrons. The summed E-state index contributed by atoms with van der Waals surface area (Å²) < 4.78 is 25.8. The normalized spacial score (nSPS) is 17.6. The van der Waals surface area contributed by atoms with Crippen molar-refractivity contribution < 1.29 is 13.9 Å². The Morgan fingerprint density at radius 2 is 1.97 bits per heavy atom. The van der Waals surface area contributed by atoms with Crippen LogP contribution in [0.2, 0.25) is 5.02 Å². The van der Waals surface area contributed by atoms with Gasteiger partial charge in [0.05, 0.1) is 30.2 Å². The van der Waals surface area contributed by atoms with Crippen molar-refractivity contribution >= 4 is 35.2 Å². The third-order valence-corrected chi connectivity index (χ3v) is 6.52. The maximum atomic E-state index is 14.4. The molecule has 5 rings (SSSR count). The predicted molar refractivity (Wildman–Crippen MR) is 134 cm³/mol. The highest BCUT2D eigenvalue weighted by molar-refractivity contribution is 6.30. The zero-order chi connectivity index (χ0) is 22.8. The largest absolute Gasteiger partial charge is 0.497 e. The van der Waals surface area contributed by atoms with Gasteiger partial charge in [-0.15, -0.1) is 12.4 Å². The van der Waals surface area contributed by atoms with Gasteiger partial charge in [0.25, 0.3) is 0 Å². The molecule has 2 aliphatic rings. The lowest BCUT2D eigenvalue weighted by atomic mass is 9.90. The molecule has 0 bridgehead atoms. The van der Waals surface area contributed by atoms with Gasteiger partial charge in [0, 0.05) is 12.1 Å². The van der Waals surface area contributed by atoms with Crippen molar-refractivity contribution in [1.82, 2.24) is 15.3 Å². The second kappa shape index (κ2) is 10.7. The van der Waals surface area contributed by atoms with Crippen LogP contribution in [0, 0.1) is 5.82 Å². The van der Waals surface area contributed by atoms with Crippen LogP contribution in [-0.2, 0) is 6.42 Å². The molecule has 0 radical (unpaired) electrons. The van der Waals surface area contributed by atoms with Crippen LogP contribution >= 0.6 is 24.0 Å². The standard InChI is InChI=1S/C26H25ClFN3O2.ClH/c1-32-18-6-7-21-16(11-18)3-2-4-20(17-5-8-22(27)23(28)12-17)26(21)24-14-31-25(15-30-24)33-19-9-10-29-13-19;/h5-8,11-12,14-15,19,29H,2-4,9-10,13H2,1H3;1H. The average molecular weight is 502 g/mol. The van der Waals surface area contributed by atoms with Crippen LogP contribution in [0.1, 0.15) is 41.6 Å². The summed E-state index contributed by atoms with van der Waals surface area (Å²) >= 11 is 5.96. The van der Waals surface area contributed by atoms with Crippen LogP contribution < -0.4 is 14.8 Å². The van der Waals surface area contributed by atoms with Crippen LogP contribution in [0.25, 0.3) is 11.1 Å². The van der Waals surface area contributed by atoms with Crippen LogP contribution in [0.15, 0.2) is 48.8 Å². The van der Waals surface area contributed by atoms with Crippen molar-refractivity contribution in [3.63, 3.8) is 0 Å². The van der Waals surface area contributed by atoms with Crippen LogP contribution in [0.5, 0.6) is 11.6 Å². The number of aromatic nitrogens is 2. The highest BCUT2D eigenvalue weighted by atomic mass is 35.5. The molecule has 1 saturated heterocycles. The van der Waals surface area contributed by atoms with E-state index in [0.717, 1.165) is 72.5 Å². The Balaban J connectivity index is 0.00000274. The fourth-order valence-corrected chi connectivity index (χ4v) is 4.68. The Labute approximate surface area is 209 Å². The monoisotopic (exact) mass is 501 g/mol. The third kappa shape index (κ3) is 5.04. The fourth-order valence-electron chi connectivity index (χ4n) is 4.56. The van der Waals surface area contributed by atoms with Gasteiger partial charge in [-0.1, -0.05) is 23.7 Å². The zero-order valence-electron chi connectivity index (χ0n) is 18.8. The summed E-state index contributed by atoms with van der Waals surface area (Å²) in [5, 5.41) is 3.40. The number of ether oxygens (including phenoxy) is 2. The first-order chi connectivity index (χ1) is 16.1. The van der Waals surface area contributed by atoms with Gasteiger partial charge in [-0.2, -0.15) is 0 Å². The van der Waals surface area contributed by atoms with E-state index >= 15 is 0 Å². The first-order valence-electron chi connectivity index (χ1n) is 11.2. The number of nitrogens with zero attached hydrogens (tertiary/aromatic N) is 2. The van der Waals surface area contributed by atoms with E-state index in [-0.39, 0.29) is 23.5 Å². The quantitative estimate of drug-likeness (QED) is 0.483. The number of hydrogen-bond donors (Lipinski definition) is 1. The van der Waals surface area contributed by atoms with Crippen LogP contribution in [0.4, 0.5) is 4.39 Å². The summed E-state index contributed by atoms with van der Waals surface area (Å²) in [6.45, 7) is 1.76. The van der Waals surface area contributed by atoms with E-state index < -0.39 is 5.82 Å². The topological polar surface area (TPSA) is 56.3 Å². The minimum atomic E-state index is -0.430. The first kappa shape index (κ1) is 24.5. The molecular weight excluding hydrogens is 476 g/mol. The summed E-state index contributed by atoms with van der Waals surface area (Å²) in [6, 6.07) is 11.0. The Kier molecular flexibility index (Phi) is 7.71. The summed E-state index contributed by atoms with van der Waals surface area (Å²) in [4.78, 5) is 9.27. The first-order valence-corrected chi connectivity index (χ1v) is 11.6. The van der Waals surface area contributed by atoms with Gasteiger partial charge in [-0.05, 0) is 78.8 Å². The second-order valence-electron chi connectivity index (χ2n) is 8.33. The molecule has 1 aromatic heterocycles. The maximum absolute atomic E-state index is 14.4. The highest BCUT2D eigenvalue weighted by Crippen LogP contribution is 2.40. The van der Waals surface area contributed by atoms with Crippen molar-refractivity contribution in [2.24, 2.45) is 0 Å². The average Bonchev–Trinajstić information content (AvgIpc) is 3.27. The van der Waals surface area contributed by atoms with Crippen molar-refractivity contribution in [3.05, 3.63) is 82.0 Å². The summed E-state index contributed by atoms with van der Waals surface area (Å²) in [5.41, 5.74) is 5.74. The fraction of sp³-hybridized carbons (Fsp3) is 0.308. The number of rotatable bonds is 5. The molecule has 34 heavy (non-hydrogen) atoms. The molecule has 5 nitrogen and oxygen atoms in total. The molecule has 1 fully saturated rings. The zero-order valence-corrected chi connectivity index (χ0v) is 20.4. The number of allylic oxidation sites excluding steroid dienone is 1. The van der Waals surface area contributed by atoms with E-state index in [0.29, 0.717) is 5.88 Å². The SMILES string of the molecule is COc1ccc2c(c1)CCCC(c1ccc(Cl)c(F)c1)=C2c1cnc(OC2CCNC2)cn1.Cl. The van der Waals surface area contributed by atoms with Gasteiger partial charge in [0.15, 0.2) is 0 Å². The van der Waals surface area contributed by atoms with Crippen molar-refractivity contribution in [2.75, 3.05) is 20.2 Å². The van der Waals surface area contributed by atoms with Gasteiger partial charge in [-0.25, -0.2) is 14.4 Å². The van der Waals surface area contributed by atoms with E-state index in [4.69, 9.17) is 26.1 Å². The summed E-state index contributed by atoms with van der Waals surface area (Å²) in [5.74, 6) is 0.894. The lowest BCUT2D eigenvalue weighted by molar-refractivity contribution is 0.213. The molecule has 1 aliphatic carbocycles. The van der Waals surface area contributed by atoms with Crippen LogP contribution in [0.3, 0.4) is 0 Å². The number of aryl methyl sites for hydroxylation is 1. The lowest BCUT2D eigenvalue weighted by Gasteiger charge is -2.17. The van der Waals surface area contributed by atoms with E-state index in [1.165, 1.54) is 11.6 Å². The molecule has 0 spiro atoms. The highest BCUT2D eigenvalue weighted by Gasteiger charge is 2.23. The van der Waals surface area contributed by atoms with Gasteiger partial charge in [0.1, 0.15) is 17.7 Å². The summed E-state index contributed by atoms with van der Waals surface area (Å²) in [7, 11) is 1.67. The summed E-state index contributed by atoms with van der Waals surface area (Å²) in [6.07, 6.45) is 7.08. The van der Waals surface area contributed by atoms with Gasteiger partial charge in [0.2, 0.25) is 5.88 Å². The molecule has 8 heteroatoms. The molecule has 1 aliphatic heterocycles. The molecule has 2 aromatic carbocycles. The van der Waals surface area contributed by atoms with Crippen molar-refractivity contribution in [1.29, 1.82) is 0 Å². The van der Waals surface area contributed by atoms with E-state index in [1.807, 2.05) is 12.1 Å². The second-order valence-corrected chi connectivity index (χ2v) is 8.74. The van der Waals surface area contributed by atoms with E-state index in [2.05, 4.69) is 22.4 Å². The number of benzene rings is 2. The molecule has 1 N–H and O–H groups in total. The number of hydrogen-bond acceptors (Lipinski definition) is 5. The third-order valence-electron chi connectivity index (χ3n) is 6.21.